The van der Waals surface area contributed by atoms with E-state index in [4.69, 9.17) is 10.5 Å². The van der Waals surface area contributed by atoms with Gasteiger partial charge < -0.3 is 10.5 Å². The summed E-state index contributed by atoms with van der Waals surface area (Å²) in [4.78, 5) is 5.47. The van der Waals surface area contributed by atoms with Crippen LogP contribution in [0.3, 0.4) is 0 Å². The number of hydrogen-bond donors (Lipinski definition) is 1. The van der Waals surface area contributed by atoms with E-state index in [0.29, 0.717) is 21.3 Å². The van der Waals surface area contributed by atoms with Crippen LogP contribution in [-0.2, 0) is 15.5 Å². The van der Waals surface area contributed by atoms with E-state index in [-0.39, 0.29) is 11.5 Å². The number of nitrogens with two attached hydrogens (primary N) is 1. The second-order valence-electron chi connectivity index (χ2n) is 7.33. The predicted molar refractivity (Wildman–Crippen MR) is 121 cm³/mol. The van der Waals surface area contributed by atoms with E-state index in [1.807, 2.05) is 68.4 Å². The molecule has 0 bridgehead atoms. The Bertz CT molecular complexity index is 1240. The minimum absolute atomic E-state index is 0.00150. The predicted octanol–water partition coefficient (Wildman–Crippen LogP) is 4.68. The summed E-state index contributed by atoms with van der Waals surface area (Å²) in [5, 5.41) is 9.91. The standard InChI is InChI=1S/C25H21N3O2S/c1-16-6-10-18(11-7-16)22-20(15-26)25(27)30-23(21-5-3-4-14-28-21)24(22)31(29)19-12-8-17(2)9-13-19/h3-14,22H,27H2,1-2H3/t22-,31+/m0/s1. The molecule has 0 amide bonds. The van der Waals surface area contributed by atoms with Crippen molar-refractivity contribution in [3.05, 3.63) is 112 Å². The lowest BCUT2D eigenvalue weighted by Crippen LogP contribution is -2.23. The van der Waals surface area contributed by atoms with E-state index in [9.17, 15) is 9.47 Å². The van der Waals surface area contributed by atoms with Crippen LogP contribution in [0.5, 0.6) is 0 Å². The highest BCUT2D eigenvalue weighted by molar-refractivity contribution is 7.89. The van der Waals surface area contributed by atoms with Gasteiger partial charge in [0.05, 0.1) is 21.6 Å². The first kappa shape index (κ1) is 20.6. The Morgan fingerprint density at radius 2 is 1.65 bits per heavy atom. The van der Waals surface area contributed by atoms with Gasteiger partial charge in [0.2, 0.25) is 5.88 Å². The average Bonchev–Trinajstić information content (AvgIpc) is 2.79. The number of allylic oxidation sites excluding steroid dienone is 2. The van der Waals surface area contributed by atoms with Gasteiger partial charge in [-0.15, -0.1) is 0 Å². The summed E-state index contributed by atoms with van der Waals surface area (Å²) in [5.41, 5.74) is 9.88. The van der Waals surface area contributed by atoms with Crippen molar-refractivity contribution in [1.82, 2.24) is 4.98 Å². The second kappa shape index (κ2) is 8.58. The van der Waals surface area contributed by atoms with Gasteiger partial charge in [0.1, 0.15) is 17.3 Å². The Balaban J connectivity index is 1.99. The van der Waals surface area contributed by atoms with Crippen molar-refractivity contribution in [2.24, 2.45) is 5.73 Å². The van der Waals surface area contributed by atoms with Gasteiger partial charge in [-0.25, -0.2) is 4.21 Å². The van der Waals surface area contributed by atoms with Crippen LogP contribution in [0.25, 0.3) is 5.76 Å². The molecule has 0 radical (unpaired) electrons. The van der Waals surface area contributed by atoms with Crippen molar-refractivity contribution in [2.75, 3.05) is 0 Å². The topological polar surface area (TPSA) is 89.0 Å². The van der Waals surface area contributed by atoms with E-state index in [1.54, 1.807) is 18.3 Å². The number of aromatic nitrogens is 1. The molecule has 0 unspecified atom stereocenters. The van der Waals surface area contributed by atoms with Gasteiger partial charge in [-0.05, 0) is 43.7 Å². The molecule has 1 aromatic heterocycles. The van der Waals surface area contributed by atoms with E-state index in [2.05, 4.69) is 11.1 Å². The fraction of sp³-hybridized carbons (Fsp3) is 0.120. The van der Waals surface area contributed by atoms with Gasteiger partial charge in [0.25, 0.3) is 0 Å². The zero-order chi connectivity index (χ0) is 22.0. The molecule has 2 atom stereocenters. The number of aryl methyl sites for hydroxylation is 2. The molecule has 1 aliphatic heterocycles. The van der Waals surface area contributed by atoms with Crippen LogP contribution in [0.1, 0.15) is 28.3 Å². The number of pyridine rings is 1. The zero-order valence-electron chi connectivity index (χ0n) is 17.2. The molecule has 2 heterocycles. The van der Waals surface area contributed by atoms with E-state index >= 15 is 0 Å². The third-order valence-corrected chi connectivity index (χ3v) is 6.64. The average molecular weight is 428 g/mol. The van der Waals surface area contributed by atoms with Crippen LogP contribution in [0.15, 0.2) is 94.2 Å². The molecule has 0 saturated heterocycles. The summed E-state index contributed by atoms with van der Waals surface area (Å²) in [6, 6.07) is 22.8. The number of nitrogens with zero attached hydrogens (tertiary/aromatic N) is 2. The molecule has 0 fully saturated rings. The highest BCUT2D eigenvalue weighted by Gasteiger charge is 2.37. The van der Waals surface area contributed by atoms with Crippen LogP contribution < -0.4 is 5.73 Å². The SMILES string of the molecule is Cc1ccc([C@H]2C(C#N)=C(N)OC(c3ccccn3)=C2[S@](=O)c2ccc(C)cc2)cc1. The lowest BCUT2D eigenvalue weighted by atomic mass is 9.88. The molecule has 0 aliphatic carbocycles. The zero-order valence-corrected chi connectivity index (χ0v) is 18.0. The Kier molecular flexibility index (Phi) is 5.70. The van der Waals surface area contributed by atoms with Gasteiger partial charge >= 0.3 is 0 Å². The lowest BCUT2D eigenvalue weighted by Gasteiger charge is -2.28. The number of ether oxygens (including phenoxy) is 1. The highest BCUT2D eigenvalue weighted by Crippen LogP contribution is 2.44. The van der Waals surface area contributed by atoms with Crippen LogP contribution in [0, 0.1) is 25.2 Å². The van der Waals surface area contributed by atoms with Crippen LogP contribution in [0.2, 0.25) is 0 Å². The Hall–Kier alpha value is -3.69. The summed E-state index contributed by atoms with van der Waals surface area (Å²) < 4.78 is 19.8. The largest absolute Gasteiger partial charge is 0.437 e. The third-order valence-electron chi connectivity index (χ3n) is 5.12. The molecule has 0 saturated carbocycles. The molecule has 1 aliphatic rings. The van der Waals surface area contributed by atoms with E-state index < -0.39 is 16.7 Å². The van der Waals surface area contributed by atoms with Crippen LogP contribution in [0.4, 0.5) is 0 Å². The molecular weight excluding hydrogens is 406 g/mol. The summed E-state index contributed by atoms with van der Waals surface area (Å²) in [6.07, 6.45) is 1.64. The van der Waals surface area contributed by atoms with Crippen LogP contribution in [-0.4, -0.2) is 9.19 Å². The maximum atomic E-state index is 13.9. The molecule has 31 heavy (non-hydrogen) atoms. The maximum absolute atomic E-state index is 13.9. The minimum Gasteiger partial charge on any atom is -0.437 e. The molecule has 6 heteroatoms. The van der Waals surface area contributed by atoms with Gasteiger partial charge in [-0.1, -0.05) is 53.6 Å². The summed E-state index contributed by atoms with van der Waals surface area (Å²) >= 11 is 0. The summed E-state index contributed by atoms with van der Waals surface area (Å²) in [5.74, 6) is -0.293. The number of rotatable bonds is 4. The fourth-order valence-corrected chi connectivity index (χ4v) is 4.89. The van der Waals surface area contributed by atoms with Gasteiger partial charge in [-0.2, -0.15) is 5.26 Å². The van der Waals surface area contributed by atoms with E-state index in [0.717, 1.165) is 16.7 Å². The summed E-state index contributed by atoms with van der Waals surface area (Å²) in [6.45, 7) is 3.96. The van der Waals surface area contributed by atoms with E-state index in [1.165, 1.54) is 0 Å². The van der Waals surface area contributed by atoms with Crippen LogP contribution >= 0.6 is 0 Å². The lowest BCUT2D eigenvalue weighted by molar-refractivity contribution is 0.357. The Morgan fingerprint density at radius 1 is 1.00 bits per heavy atom. The molecule has 4 rings (SSSR count). The molecule has 2 N–H and O–H groups in total. The smallest absolute Gasteiger partial charge is 0.205 e. The van der Waals surface area contributed by atoms with Gasteiger partial charge in [-0.3, -0.25) is 4.98 Å². The van der Waals surface area contributed by atoms with Crippen molar-refractivity contribution in [3.8, 4) is 6.07 Å². The Labute approximate surface area is 184 Å². The molecule has 2 aromatic carbocycles. The fourth-order valence-electron chi connectivity index (χ4n) is 3.47. The summed E-state index contributed by atoms with van der Waals surface area (Å²) in [7, 11) is -1.61. The normalized spacial score (nSPS) is 17.1. The first-order valence-corrected chi connectivity index (χ1v) is 10.9. The van der Waals surface area contributed by atoms with Crippen molar-refractivity contribution < 1.29 is 8.95 Å². The van der Waals surface area contributed by atoms with Crippen molar-refractivity contribution in [3.63, 3.8) is 0 Å². The number of benzene rings is 2. The first-order valence-electron chi connectivity index (χ1n) is 9.77. The maximum Gasteiger partial charge on any atom is 0.205 e. The molecular formula is C25H21N3O2S. The first-order chi connectivity index (χ1) is 15.0. The second-order valence-corrected chi connectivity index (χ2v) is 8.77. The Morgan fingerprint density at radius 3 is 2.23 bits per heavy atom. The van der Waals surface area contributed by atoms with Gasteiger partial charge in [0.15, 0.2) is 5.76 Å². The minimum atomic E-state index is -1.61. The molecule has 5 nitrogen and oxygen atoms in total. The molecule has 3 aromatic rings. The highest BCUT2D eigenvalue weighted by atomic mass is 32.2. The molecule has 0 spiro atoms. The monoisotopic (exact) mass is 427 g/mol. The quantitative estimate of drug-likeness (QED) is 0.653. The van der Waals surface area contributed by atoms with Crippen molar-refractivity contribution in [1.29, 1.82) is 5.26 Å². The molecule has 154 valence electrons. The van der Waals surface area contributed by atoms with Crippen molar-refractivity contribution in [2.45, 2.75) is 24.7 Å². The van der Waals surface area contributed by atoms with Gasteiger partial charge in [0, 0.05) is 11.1 Å². The van der Waals surface area contributed by atoms with Crippen molar-refractivity contribution >= 4 is 16.6 Å². The number of nitriles is 1. The third kappa shape index (κ3) is 4.00. The number of hydrogen-bond acceptors (Lipinski definition) is 5.